The van der Waals surface area contributed by atoms with Gasteiger partial charge in [-0.15, -0.1) is 11.3 Å². The lowest BCUT2D eigenvalue weighted by molar-refractivity contribution is 1.08. The van der Waals surface area contributed by atoms with Gasteiger partial charge in [0, 0.05) is 41.3 Å². The molecule has 2 heterocycles. The molecule has 0 unspecified atom stereocenters. The fraction of sp³-hybridized carbons (Fsp3) is 0. The van der Waals surface area contributed by atoms with E-state index in [4.69, 9.17) is 15.0 Å². The fourth-order valence-corrected chi connectivity index (χ4v) is 5.99. The van der Waals surface area contributed by atoms with E-state index in [-0.39, 0.29) is 0 Å². The molecule has 0 atom stereocenters. The van der Waals surface area contributed by atoms with Gasteiger partial charge in [-0.3, -0.25) is 0 Å². The van der Waals surface area contributed by atoms with Gasteiger partial charge < -0.3 is 0 Å². The lowest BCUT2D eigenvalue weighted by Crippen LogP contribution is -2.00. The van der Waals surface area contributed by atoms with Crippen LogP contribution in [0.15, 0.2) is 114 Å². The van der Waals surface area contributed by atoms with Crippen molar-refractivity contribution in [2.45, 2.75) is 0 Å². The molecule has 5 aromatic carbocycles. The van der Waals surface area contributed by atoms with Crippen molar-refractivity contribution >= 4 is 58.2 Å². The minimum Gasteiger partial charge on any atom is -0.208 e. The van der Waals surface area contributed by atoms with Crippen molar-refractivity contribution < 1.29 is 0 Å². The minimum atomic E-state index is 0.658. The molecular weight excluding hydrogens is 526 g/mol. The molecule has 0 N–H and O–H groups in total. The van der Waals surface area contributed by atoms with Crippen molar-refractivity contribution in [1.29, 1.82) is 0 Å². The van der Waals surface area contributed by atoms with E-state index in [2.05, 4.69) is 101 Å². The summed E-state index contributed by atoms with van der Waals surface area (Å²) in [6, 6.07) is 37.7. The van der Waals surface area contributed by atoms with Crippen LogP contribution in [0.2, 0.25) is 0 Å². The first-order chi connectivity index (χ1) is 17.7. The minimum absolute atomic E-state index is 0.658. The van der Waals surface area contributed by atoms with Gasteiger partial charge in [0.2, 0.25) is 0 Å². The lowest BCUT2D eigenvalue weighted by atomic mass is 10.0. The predicted molar refractivity (Wildman–Crippen MR) is 154 cm³/mol. The molecule has 7 aromatic rings. The first-order valence-corrected chi connectivity index (χ1v) is 13.3. The number of aromatic nitrogens is 3. The smallest absolute Gasteiger partial charge is 0.164 e. The molecule has 7 rings (SSSR count). The van der Waals surface area contributed by atoms with Gasteiger partial charge in [0.1, 0.15) is 0 Å². The number of fused-ring (bicyclic) bond motifs is 4. The van der Waals surface area contributed by atoms with E-state index >= 15 is 0 Å². The van der Waals surface area contributed by atoms with E-state index in [1.54, 1.807) is 0 Å². The third-order valence-corrected chi connectivity index (χ3v) is 8.08. The molecule has 0 spiro atoms. The predicted octanol–water partition coefficient (Wildman–Crippen LogP) is 9.16. The number of hydrogen-bond donors (Lipinski definition) is 0. The van der Waals surface area contributed by atoms with Crippen LogP contribution >= 0.6 is 27.3 Å². The maximum Gasteiger partial charge on any atom is 0.164 e. The number of nitrogens with zero attached hydrogens (tertiary/aromatic N) is 3. The summed E-state index contributed by atoms with van der Waals surface area (Å²) in [4.78, 5) is 14.9. The zero-order valence-electron chi connectivity index (χ0n) is 19.0. The van der Waals surface area contributed by atoms with Crippen LogP contribution in [0, 0.1) is 0 Å². The topological polar surface area (TPSA) is 38.7 Å². The van der Waals surface area contributed by atoms with E-state index < -0.39 is 0 Å². The summed E-state index contributed by atoms with van der Waals surface area (Å²) >= 11 is 5.34. The summed E-state index contributed by atoms with van der Waals surface area (Å²) in [5.74, 6) is 2.00. The first kappa shape index (κ1) is 21.4. The van der Waals surface area contributed by atoms with Crippen LogP contribution in [-0.2, 0) is 0 Å². The van der Waals surface area contributed by atoms with E-state index in [0.717, 1.165) is 31.9 Å². The molecule has 2 aromatic heterocycles. The normalized spacial score (nSPS) is 11.5. The van der Waals surface area contributed by atoms with Crippen LogP contribution in [0.3, 0.4) is 0 Å². The Labute approximate surface area is 220 Å². The van der Waals surface area contributed by atoms with Crippen LogP contribution in [0.4, 0.5) is 0 Å². The molecule has 0 fully saturated rings. The fourth-order valence-electron chi connectivity index (χ4n) is 4.64. The second-order valence-corrected chi connectivity index (χ2v) is 10.6. The molecule has 0 radical (unpaired) electrons. The molecule has 0 saturated heterocycles. The van der Waals surface area contributed by atoms with Gasteiger partial charge in [0.05, 0.1) is 0 Å². The van der Waals surface area contributed by atoms with Crippen molar-refractivity contribution in [2.24, 2.45) is 0 Å². The van der Waals surface area contributed by atoms with Gasteiger partial charge in [-0.1, -0.05) is 88.7 Å². The van der Waals surface area contributed by atoms with Crippen LogP contribution in [0.25, 0.3) is 65.1 Å². The first-order valence-electron chi connectivity index (χ1n) is 11.6. The summed E-state index contributed by atoms with van der Waals surface area (Å²) in [5.41, 5.74) is 2.93. The van der Waals surface area contributed by atoms with Gasteiger partial charge >= 0.3 is 0 Å². The van der Waals surface area contributed by atoms with Crippen LogP contribution < -0.4 is 0 Å². The molecule has 0 aliphatic rings. The summed E-state index contributed by atoms with van der Waals surface area (Å²) in [5, 5.41) is 4.77. The maximum atomic E-state index is 5.01. The van der Waals surface area contributed by atoms with E-state index in [0.29, 0.717) is 17.5 Å². The SMILES string of the molecule is Brc1ccc(-c2nc(-c3ccc4sc5ccccc5c4c3)nc(-c3cccc4ccccc34)n2)cc1. The lowest BCUT2D eigenvalue weighted by Gasteiger charge is -2.10. The highest BCUT2D eigenvalue weighted by atomic mass is 79.9. The summed E-state index contributed by atoms with van der Waals surface area (Å²) in [6.45, 7) is 0. The monoisotopic (exact) mass is 543 g/mol. The number of hydrogen-bond acceptors (Lipinski definition) is 4. The number of rotatable bonds is 3. The molecule has 170 valence electrons. The van der Waals surface area contributed by atoms with Crippen molar-refractivity contribution in [3.8, 4) is 34.2 Å². The summed E-state index contributed by atoms with van der Waals surface area (Å²) in [7, 11) is 0. The Hall–Kier alpha value is -3.93. The van der Waals surface area contributed by atoms with Gasteiger partial charge in [0.25, 0.3) is 0 Å². The average Bonchev–Trinajstić information content (AvgIpc) is 3.31. The van der Waals surface area contributed by atoms with Crippen molar-refractivity contribution in [3.63, 3.8) is 0 Å². The molecule has 0 aliphatic carbocycles. The number of halogens is 1. The zero-order valence-corrected chi connectivity index (χ0v) is 21.4. The standard InChI is InChI=1S/C31H18BrN3S/c32-22-15-12-20(13-16-22)29-33-30(21-14-17-28-26(18-21)24-9-3-4-11-27(24)36-28)35-31(34-29)25-10-5-7-19-6-1-2-8-23(19)25/h1-18H. The molecule has 0 aliphatic heterocycles. The maximum absolute atomic E-state index is 5.01. The average molecular weight is 544 g/mol. The Balaban J connectivity index is 1.48. The van der Waals surface area contributed by atoms with Crippen LogP contribution in [-0.4, -0.2) is 15.0 Å². The molecule has 5 heteroatoms. The number of thiophene rings is 1. The van der Waals surface area contributed by atoms with Gasteiger partial charge in [-0.2, -0.15) is 0 Å². The molecular formula is C31H18BrN3S. The Morgan fingerprint density at radius 1 is 0.500 bits per heavy atom. The largest absolute Gasteiger partial charge is 0.208 e. The van der Waals surface area contributed by atoms with E-state index in [1.807, 2.05) is 35.6 Å². The van der Waals surface area contributed by atoms with E-state index in [1.165, 1.54) is 20.2 Å². The van der Waals surface area contributed by atoms with Crippen molar-refractivity contribution in [1.82, 2.24) is 15.0 Å². The summed E-state index contributed by atoms with van der Waals surface area (Å²) < 4.78 is 3.56. The molecule has 3 nitrogen and oxygen atoms in total. The van der Waals surface area contributed by atoms with Crippen molar-refractivity contribution in [3.05, 3.63) is 114 Å². The Morgan fingerprint density at radius 2 is 1.14 bits per heavy atom. The van der Waals surface area contributed by atoms with E-state index in [9.17, 15) is 0 Å². The highest BCUT2D eigenvalue weighted by Gasteiger charge is 2.15. The van der Waals surface area contributed by atoms with Gasteiger partial charge in [-0.25, -0.2) is 15.0 Å². The highest BCUT2D eigenvalue weighted by molar-refractivity contribution is 9.10. The summed E-state index contributed by atoms with van der Waals surface area (Å²) in [6.07, 6.45) is 0. The molecule has 0 bridgehead atoms. The third-order valence-electron chi connectivity index (χ3n) is 6.40. The Bertz CT molecular complexity index is 1900. The zero-order chi connectivity index (χ0) is 24.1. The number of benzene rings is 5. The Kier molecular flexibility index (Phi) is 5.12. The molecule has 36 heavy (non-hydrogen) atoms. The Morgan fingerprint density at radius 3 is 2.00 bits per heavy atom. The second kappa shape index (κ2) is 8.63. The molecule has 0 saturated carbocycles. The third kappa shape index (κ3) is 3.68. The van der Waals surface area contributed by atoms with Gasteiger partial charge in [0.15, 0.2) is 17.5 Å². The van der Waals surface area contributed by atoms with Crippen LogP contribution in [0.1, 0.15) is 0 Å². The van der Waals surface area contributed by atoms with Crippen molar-refractivity contribution in [2.75, 3.05) is 0 Å². The van der Waals surface area contributed by atoms with Crippen LogP contribution in [0.5, 0.6) is 0 Å². The second-order valence-electron chi connectivity index (χ2n) is 8.65. The van der Waals surface area contributed by atoms with Gasteiger partial charge in [-0.05, 0) is 47.2 Å². The molecule has 0 amide bonds. The quantitative estimate of drug-likeness (QED) is 0.223. The highest BCUT2D eigenvalue weighted by Crippen LogP contribution is 2.36.